The van der Waals surface area contributed by atoms with Crippen molar-refractivity contribution in [3.63, 3.8) is 0 Å². The van der Waals surface area contributed by atoms with Crippen LogP contribution in [0.4, 0.5) is 14.5 Å². The molecular weight excluding hydrogens is 546 g/mol. The number of ether oxygens (including phenoxy) is 3. The van der Waals surface area contributed by atoms with E-state index in [1.807, 2.05) is 0 Å². The highest BCUT2D eigenvalue weighted by Crippen LogP contribution is 2.32. The lowest BCUT2D eigenvalue weighted by atomic mass is 10.1. The molecule has 0 spiro atoms. The molecule has 11 heteroatoms. The van der Waals surface area contributed by atoms with E-state index >= 15 is 4.39 Å². The van der Waals surface area contributed by atoms with Gasteiger partial charge in [0.2, 0.25) is 5.88 Å². The first-order valence-electron chi connectivity index (χ1n) is 13.0. The van der Waals surface area contributed by atoms with E-state index in [2.05, 4.69) is 14.8 Å². The van der Waals surface area contributed by atoms with Crippen LogP contribution in [0.25, 0.3) is 27.1 Å². The molecule has 0 saturated carbocycles. The van der Waals surface area contributed by atoms with E-state index in [0.717, 1.165) is 12.5 Å². The second-order valence-corrected chi connectivity index (χ2v) is 9.58. The molecular formula is C31H22F2N4O5. The van der Waals surface area contributed by atoms with Gasteiger partial charge in [0.1, 0.15) is 12.4 Å². The summed E-state index contributed by atoms with van der Waals surface area (Å²) in [6.07, 6.45) is 0.751. The van der Waals surface area contributed by atoms with Crippen molar-refractivity contribution < 1.29 is 32.9 Å². The maximum atomic E-state index is 15.3. The number of aromatic nitrogens is 3. The Bertz CT molecular complexity index is 1860. The lowest BCUT2D eigenvalue weighted by Gasteiger charge is -2.27. The number of imidazole rings is 1. The molecule has 0 amide bonds. The van der Waals surface area contributed by atoms with E-state index in [9.17, 15) is 14.3 Å². The minimum atomic E-state index is -1.07. The highest BCUT2D eigenvalue weighted by atomic mass is 19.1. The summed E-state index contributed by atoms with van der Waals surface area (Å²) in [6.45, 7) is 7.89. The minimum absolute atomic E-state index is 0.0750. The van der Waals surface area contributed by atoms with Crippen molar-refractivity contribution >= 4 is 22.7 Å². The normalized spacial score (nSPS) is 14.3. The van der Waals surface area contributed by atoms with Gasteiger partial charge in [-0.2, -0.15) is 4.98 Å². The number of pyridine rings is 1. The topological polar surface area (TPSA) is 100 Å². The molecule has 5 aromatic rings. The van der Waals surface area contributed by atoms with E-state index in [4.69, 9.17) is 20.8 Å². The monoisotopic (exact) mass is 568 g/mol. The minimum Gasteiger partial charge on any atom is -0.478 e. The van der Waals surface area contributed by atoms with Gasteiger partial charge in [-0.1, -0.05) is 18.2 Å². The molecule has 1 aliphatic rings. The Balaban J connectivity index is 1.23. The summed E-state index contributed by atoms with van der Waals surface area (Å²) in [5, 5.41) is 9.43. The summed E-state index contributed by atoms with van der Waals surface area (Å²) in [4.78, 5) is 23.6. The maximum Gasteiger partial charge on any atom is 0.335 e. The fourth-order valence-electron chi connectivity index (χ4n) is 4.49. The zero-order chi connectivity index (χ0) is 29.2. The second-order valence-electron chi connectivity index (χ2n) is 9.58. The third kappa shape index (κ3) is 5.48. The van der Waals surface area contributed by atoms with Crippen molar-refractivity contribution in [2.45, 2.75) is 25.7 Å². The van der Waals surface area contributed by atoms with Crippen molar-refractivity contribution in [2.75, 3.05) is 6.61 Å². The molecule has 0 radical (unpaired) electrons. The van der Waals surface area contributed by atoms with Crippen molar-refractivity contribution in [1.29, 1.82) is 0 Å². The molecule has 1 fully saturated rings. The third-order valence-electron chi connectivity index (χ3n) is 6.83. The Morgan fingerprint density at radius 1 is 1.07 bits per heavy atom. The van der Waals surface area contributed by atoms with Gasteiger partial charge in [-0.05, 0) is 55.0 Å². The average molecular weight is 569 g/mol. The average Bonchev–Trinajstić information content (AvgIpc) is 3.31. The highest BCUT2D eigenvalue weighted by molar-refractivity contribution is 5.92. The summed E-state index contributed by atoms with van der Waals surface area (Å²) in [5.74, 6) is -2.14. The smallest absolute Gasteiger partial charge is 0.335 e. The highest BCUT2D eigenvalue weighted by Gasteiger charge is 2.24. The van der Waals surface area contributed by atoms with E-state index in [0.29, 0.717) is 35.4 Å². The van der Waals surface area contributed by atoms with Gasteiger partial charge in [0.15, 0.2) is 17.3 Å². The lowest BCUT2D eigenvalue weighted by Crippen LogP contribution is -2.31. The number of hydrogen-bond acceptors (Lipinski definition) is 6. The molecule has 3 aromatic carbocycles. The molecule has 6 rings (SSSR count). The zero-order valence-electron chi connectivity index (χ0n) is 22.0. The molecule has 1 N–H and O–H groups in total. The third-order valence-corrected chi connectivity index (χ3v) is 6.83. The van der Waals surface area contributed by atoms with Gasteiger partial charge in [-0.3, -0.25) is 4.57 Å². The summed E-state index contributed by atoms with van der Waals surface area (Å²) in [7, 11) is 0. The number of carboxylic acid groups (broad SMARTS) is 1. The fraction of sp³-hybridized carbons (Fsp3) is 0.161. The molecule has 3 heterocycles. The number of fused-ring (bicyclic) bond motifs is 1. The van der Waals surface area contributed by atoms with Crippen molar-refractivity contribution in [2.24, 2.45) is 0 Å². The first kappa shape index (κ1) is 26.9. The van der Waals surface area contributed by atoms with Gasteiger partial charge in [0.05, 0.1) is 41.5 Å². The Kier molecular flexibility index (Phi) is 7.21. The molecule has 2 aromatic heterocycles. The van der Waals surface area contributed by atoms with Crippen LogP contribution >= 0.6 is 0 Å². The van der Waals surface area contributed by atoms with Gasteiger partial charge in [0.25, 0.3) is 0 Å². The van der Waals surface area contributed by atoms with Crippen LogP contribution < -0.4 is 9.47 Å². The van der Waals surface area contributed by atoms with Crippen molar-refractivity contribution in [3.8, 4) is 28.9 Å². The SMILES string of the molecule is [C-]#[N+]c1ccc(COc2cccc(-c3ccc(Oc4nc5ccc(C(=O)O)cc5n4CC4CCO4)c(F)c3)n2)c(F)c1. The van der Waals surface area contributed by atoms with E-state index in [1.165, 1.54) is 36.4 Å². The van der Waals surface area contributed by atoms with E-state index < -0.39 is 17.6 Å². The van der Waals surface area contributed by atoms with Crippen molar-refractivity contribution in [1.82, 2.24) is 14.5 Å². The molecule has 1 unspecified atom stereocenters. The molecule has 9 nitrogen and oxygen atoms in total. The first-order chi connectivity index (χ1) is 20.4. The Labute approximate surface area is 238 Å². The second kappa shape index (κ2) is 11.3. The number of aromatic carboxylic acids is 1. The van der Waals surface area contributed by atoms with Gasteiger partial charge >= 0.3 is 12.0 Å². The van der Waals surface area contributed by atoms with Gasteiger partial charge < -0.3 is 19.3 Å². The van der Waals surface area contributed by atoms with Gasteiger partial charge in [0, 0.05) is 23.8 Å². The molecule has 1 atom stereocenters. The summed E-state index contributed by atoms with van der Waals surface area (Å²) in [5.41, 5.74) is 2.51. The number of halogens is 2. The van der Waals surface area contributed by atoms with Crippen LogP contribution in [0.3, 0.4) is 0 Å². The Morgan fingerprint density at radius 3 is 2.64 bits per heavy atom. The Morgan fingerprint density at radius 2 is 1.93 bits per heavy atom. The number of rotatable bonds is 9. The standard InChI is InChI=1S/C31H22F2N4O5/c1-34-21-8-5-20(23(32)15-21)17-41-29-4-2-3-25(35-29)18-7-10-28(24(33)13-18)42-31-36-26-9-6-19(30(38)39)14-27(26)37(31)16-22-11-12-40-22/h2-10,13-15,22H,11-12,16-17H2,(H,38,39). The molecule has 0 aliphatic carbocycles. The molecule has 210 valence electrons. The van der Waals surface area contributed by atoms with Gasteiger partial charge in [-0.15, -0.1) is 0 Å². The maximum absolute atomic E-state index is 15.3. The van der Waals surface area contributed by atoms with E-state index in [-0.39, 0.29) is 47.2 Å². The van der Waals surface area contributed by atoms with Crippen molar-refractivity contribution in [3.05, 3.63) is 107 Å². The van der Waals surface area contributed by atoms with Crippen LogP contribution in [-0.2, 0) is 17.9 Å². The summed E-state index contributed by atoms with van der Waals surface area (Å²) >= 11 is 0. The van der Waals surface area contributed by atoms with Crippen LogP contribution in [0.5, 0.6) is 17.6 Å². The predicted octanol–water partition coefficient (Wildman–Crippen LogP) is 6.79. The van der Waals surface area contributed by atoms with E-state index in [1.54, 1.807) is 34.9 Å². The predicted molar refractivity (Wildman–Crippen MR) is 148 cm³/mol. The number of carbonyl (C=O) groups is 1. The lowest BCUT2D eigenvalue weighted by molar-refractivity contribution is -0.0593. The first-order valence-corrected chi connectivity index (χ1v) is 13.0. The molecule has 1 aliphatic heterocycles. The summed E-state index contributed by atoms with van der Waals surface area (Å²) in [6, 6.07) is 18.1. The number of nitrogens with zero attached hydrogens (tertiary/aromatic N) is 4. The van der Waals surface area contributed by atoms with Crippen LogP contribution in [0.15, 0.2) is 72.8 Å². The Hall–Kier alpha value is -5.34. The molecule has 0 bridgehead atoms. The van der Waals surface area contributed by atoms with Crippen LogP contribution in [0.1, 0.15) is 22.3 Å². The molecule has 42 heavy (non-hydrogen) atoms. The number of hydrogen-bond donors (Lipinski definition) is 1. The number of carboxylic acids is 1. The van der Waals surface area contributed by atoms with Crippen LogP contribution in [0.2, 0.25) is 0 Å². The molecule has 1 saturated heterocycles. The zero-order valence-corrected chi connectivity index (χ0v) is 22.0. The fourth-order valence-corrected chi connectivity index (χ4v) is 4.49. The summed E-state index contributed by atoms with van der Waals surface area (Å²) < 4.78 is 48.3. The number of benzene rings is 3. The largest absolute Gasteiger partial charge is 0.478 e. The van der Waals surface area contributed by atoms with Gasteiger partial charge in [-0.25, -0.2) is 23.4 Å². The van der Waals surface area contributed by atoms with Crippen LogP contribution in [-0.4, -0.2) is 38.3 Å². The van der Waals surface area contributed by atoms with Crippen LogP contribution in [0, 0.1) is 18.2 Å². The quantitative estimate of drug-likeness (QED) is 0.196.